The molecule has 3 rings (SSSR count). The maximum absolute atomic E-state index is 12.2. The first-order valence-corrected chi connectivity index (χ1v) is 9.59. The zero-order valence-corrected chi connectivity index (χ0v) is 16.4. The molecule has 0 aliphatic carbocycles. The van der Waals surface area contributed by atoms with Gasteiger partial charge in [-0.15, -0.1) is 11.3 Å². The van der Waals surface area contributed by atoms with Gasteiger partial charge in [-0.2, -0.15) is 0 Å². The summed E-state index contributed by atoms with van der Waals surface area (Å²) in [7, 11) is 0. The highest BCUT2D eigenvalue weighted by molar-refractivity contribution is 7.16. The van der Waals surface area contributed by atoms with Crippen molar-refractivity contribution in [3.63, 3.8) is 0 Å². The number of unbranched alkanes of at least 4 members (excludes halogenated alkanes) is 1. The van der Waals surface area contributed by atoms with Gasteiger partial charge in [-0.25, -0.2) is 0 Å². The van der Waals surface area contributed by atoms with Gasteiger partial charge in [0.2, 0.25) is 0 Å². The molecule has 5 nitrogen and oxygen atoms in total. The molecule has 0 unspecified atom stereocenters. The molecule has 0 amide bonds. The Kier molecular flexibility index (Phi) is 5.29. The van der Waals surface area contributed by atoms with Crippen LogP contribution in [-0.4, -0.2) is 22.9 Å². The molecule has 134 valence electrons. The van der Waals surface area contributed by atoms with E-state index >= 15 is 0 Å². The molecule has 0 bridgehead atoms. The van der Waals surface area contributed by atoms with Gasteiger partial charge in [-0.05, 0) is 32.8 Å². The summed E-state index contributed by atoms with van der Waals surface area (Å²) in [5, 5.41) is 4.51. The number of rotatable bonds is 5. The van der Waals surface area contributed by atoms with Crippen LogP contribution in [0.3, 0.4) is 0 Å². The number of hydrogen-bond donors (Lipinski definition) is 0. The molecule has 7 heteroatoms. The number of halogens is 1. The fourth-order valence-electron chi connectivity index (χ4n) is 2.89. The van der Waals surface area contributed by atoms with Crippen LogP contribution >= 0.6 is 22.9 Å². The van der Waals surface area contributed by atoms with E-state index in [4.69, 9.17) is 20.9 Å². The van der Waals surface area contributed by atoms with Gasteiger partial charge in [0.1, 0.15) is 11.2 Å². The minimum atomic E-state index is -0.517. The first-order chi connectivity index (χ1) is 11.9. The van der Waals surface area contributed by atoms with Crippen molar-refractivity contribution in [3.05, 3.63) is 27.5 Å². The second-order valence-corrected chi connectivity index (χ2v) is 7.79. The zero-order valence-electron chi connectivity index (χ0n) is 14.8. The molecule has 0 spiro atoms. The molecule has 0 fully saturated rings. The Morgan fingerprint density at radius 1 is 1.32 bits per heavy atom. The van der Waals surface area contributed by atoms with Crippen LogP contribution in [0.1, 0.15) is 59.7 Å². The van der Waals surface area contributed by atoms with Gasteiger partial charge in [0.05, 0.1) is 29.2 Å². The van der Waals surface area contributed by atoms with Crippen molar-refractivity contribution in [2.45, 2.75) is 53.0 Å². The summed E-state index contributed by atoms with van der Waals surface area (Å²) in [5.41, 5.74) is 3.70. The molecule has 3 heterocycles. The molecule has 0 saturated heterocycles. The van der Waals surface area contributed by atoms with Crippen LogP contribution in [0.2, 0.25) is 0 Å². The zero-order chi connectivity index (χ0) is 18.1. The van der Waals surface area contributed by atoms with E-state index in [-0.39, 0.29) is 12.4 Å². The van der Waals surface area contributed by atoms with Gasteiger partial charge >= 0.3 is 5.97 Å². The summed E-state index contributed by atoms with van der Waals surface area (Å²) < 4.78 is 10.8. The average Bonchev–Trinajstić information content (AvgIpc) is 3.04. The van der Waals surface area contributed by atoms with Gasteiger partial charge in [-0.3, -0.25) is 9.79 Å². The molecule has 2 aromatic heterocycles. The Morgan fingerprint density at radius 3 is 2.80 bits per heavy atom. The van der Waals surface area contributed by atoms with Crippen LogP contribution in [0.25, 0.3) is 10.4 Å². The Balaban J connectivity index is 1.99. The van der Waals surface area contributed by atoms with Crippen LogP contribution in [0, 0.1) is 20.8 Å². The van der Waals surface area contributed by atoms with E-state index in [1.54, 1.807) is 11.3 Å². The molecule has 1 atom stereocenters. The molecule has 0 saturated carbocycles. The van der Waals surface area contributed by atoms with Gasteiger partial charge in [0, 0.05) is 10.4 Å². The summed E-state index contributed by atoms with van der Waals surface area (Å²) >= 11 is 8.17. The van der Waals surface area contributed by atoms with Crippen LogP contribution < -0.4 is 0 Å². The van der Waals surface area contributed by atoms with Crippen molar-refractivity contribution in [3.8, 4) is 10.4 Å². The molecule has 1 aliphatic heterocycles. The number of ether oxygens (including phenoxy) is 1. The normalized spacial score (nSPS) is 16.0. The van der Waals surface area contributed by atoms with E-state index in [0.717, 1.165) is 40.1 Å². The van der Waals surface area contributed by atoms with E-state index in [9.17, 15) is 4.79 Å². The topological polar surface area (TPSA) is 64.7 Å². The summed E-state index contributed by atoms with van der Waals surface area (Å²) in [6, 6.07) is -0.517. The van der Waals surface area contributed by atoms with Gasteiger partial charge in [0.15, 0.2) is 5.76 Å². The molecule has 0 radical (unpaired) electrons. The molecule has 1 aliphatic rings. The van der Waals surface area contributed by atoms with Gasteiger partial charge in [0.25, 0.3) is 0 Å². The predicted molar refractivity (Wildman–Crippen MR) is 99.6 cm³/mol. The molecule has 2 aromatic rings. The standard InChI is InChI=1S/C18H21ClN2O3S/c1-5-6-7-23-13(22)8-12-16-15(10(3)21-24-16)17-14(18(19)20-12)9(2)11(4)25-17/h12H,5-8H2,1-4H3/t12-/m0/s1. The van der Waals surface area contributed by atoms with E-state index in [2.05, 4.69) is 24.0 Å². The van der Waals surface area contributed by atoms with E-state index in [1.807, 2.05) is 13.8 Å². The second-order valence-electron chi connectivity index (χ2n) is 6.21. The lowest BCUT2D eigenvalue weighted by Crippen LogP contribution is -2.10. The highest BCUT2D eigenvalue weighted by Crippen LogP contribution is 2.45. The SMILES string of the molecule is CCCCOC(=O)C[C@@H]1N=C(Cl)c2c(sc(C)c2C)-c2c(C)noc21. The minimum absolute atomic E-state index is 0.0918. The predicted octanol–water partition coefficient (Wildman–Crippen LogP) is 5.10. The number of aliphatic imine (C=N–C) groups is 1. The number of esters is 1. The van der Waals surface area contributed by atoms with Crippen molar-refractivity contribution in [1.29, 1.82) is 0 Å². The Bertz CT molecular complexity index is 838. The number of nitrogens with zero attached hydrogens (tertiary/aromatic N) is 2. The van der Waals surface area contributed by atoms with Crippen molar-refractivity contribution < 1.29 is 14.1 Å². The number of aryl methyl sites for hydroxylation is 2. The van der Waals surface area contributed by atoms with Crippen LogP contribution in [0.15, 0.2) is 9.52 Å². The molecular formula is C18H21ClN2O3S. The monoisotopic (exact) mass is 380 g/mol. The Hall–Kier alpha value is -1.66. The number of carbonyl (C=O) groups is 1. The molecular weight excluding hydrogens is 360 g/mol. The smallest absolute Gasteiger partial charge is 0.308 e. The number of thiophene rings is 1. The first-order valence-electron chi connectivity index (χ1n) is 8.39. The van der Waals surface area contributed by atoms with Gasteiger partial charge in [-0.1, -0.05) is 30.1 Å². The summed E-state index contributed by atoms with van der Waals surface area (Å²) in [5.74, 6) is 0.285. The summed E-state index contributed by atoms with van der Waals surface area (Å²) in [4.78, 5) is 18.9. The maximum atomic E-state index is 12.2. The van der Waals surface area contributed by atoms with Gasteiger partial charge < -0.3 is 9.26 Å². The minimum Gasteiger partial charge on any atom is -0.466 e. The van der Waals surface area contributed by atoms with Crippen LogP contribution in [0.4, 0.5) is 0 Å². The highest BCUT2D eigenvalue weighted by atomic mass is 35.5. The number of aromatic nitrogens is 1. The van der Waals surface area contributed by atoms with E-state index in [1.165, 1.54) is 4.88 Å². The van der Waals surface area contributed by atoms with Crippen molar-refractivity contribution in [2.75, 3.05) is 6.61 Å². The van der Waals surface area contributed by atoms with Crippen LogP contribution in [0.5, 0.6) is 0 Å². The second kappa shape index (κ2) is 7.30. The fourth-order valence-corrected chi connectivity index (χ4v) is 4.56. The third kappa shape index (κ3) is 3.37. The lowest BCUT2D eigenvalue weighted by Gasteiger charge is -2.10. The largest absolute Gasteiger partial charge is 0.466 e. The lowest BCUT2D eigenvalue weighted by atomic mass is 10.0. The fraction of sp³-hybridized carbons (Fsp3) is 0.500. The third-order valence-electron chi connectivity index (χ3n) is 4.40. The van der Waals surface area contributed by atoms with E-state index < -0.39 is 6.04 Å². The quantitative estimate of drug-likeness (QED) is 0.534. The summed E-state index contributed by atoms with van der Waals surface area (Å²) in [6.45, 7) is 8.46. The maximum Gasteiger partial charge on any atom is 0.308 e. The molecule has 0 aromatic carbocycles. The Morgan fingerprint density at radius 2 is 2.08 bits per heavy atom. The van der Waals surface area contributed by atoms with Crippen molar-refractivity contribution in [1.82, 2.24) is 5.16 Å². The van der Waals surface area contributed by atoms with Crippen molar-refractivity contribution in [2.24, 2.45) is 4.99 Å². The number of carbonyl (C=O) groups excluding carboxylic acids is 1. The third-order valence-corrected chi connectivity index (χ3v) is 5.91. The first kappa shape index (κ1) is 18.1. The molecule has 25 heavy (non-hydrogen) atoms. The number of fused-ring (bicyclic) bond motifs is 3. The summed E-state index contributed by atoms with van der Waals surface area (Å²) in [6.07, 6.45) is 1.92. The highest BCUT2D eigenvalue weighted by Gasteiger charge is 2.33. The van der Waals surface area contributed by atoms with Crippen molar-refractivity contribution >= 4 is 34.1 Å². The van der Waals surface area contributed by atoms with Crippen LogP contribution in [-0.2, 0) is 9.53 Å². The lowest BCUT2D eigenvalue weighted by molar-refractivity contribution is -0.144. The number of hydrogen-bond acceptors (Lipinski definition) is 6. The van der Waals surface area contributed by atoms with E-state index in [0.29, 0.717) is 17.5 Å². The average molecular weight is 381 g/mol. The Labute approximate surface area is 156 Å². The molecule has 0 N–H and O–H groups in total.